The van der Waals surface area contributed by atoms with Gasteiger partial charge in [-0.05, 0) is 42.0 Å². The lowest BCUT2D eigenvalue weighted by molar-refractivity contribution is -0.122. The number of fused-ring (bicyclic) bond motifs is 1. The number of benzene rings is 1. The molecule has 0 amide bonds. The van der Waals surface area contributed by atoms with Crippen LogP contribution in [0.4, 0.5) is 0 Å². The summed E-state index contributed by atoms with van der Waals surface area (Å²) < 4.78 is 1.22. The van der Waals surface area contributed by atoms with E-state index in [0.29, 0.717) is 6.04 Å². The smallest absolute Gasteiger partial charge is 0.290 e. The molecule has 1 heterocycles. The quantitative estimate of drug-likeness (QED) is 0.810. The highest BCUT2D eigenvalue weighted by atomic mass is 79.9. The van der Waals surface area contributed by atoms with Crippen LogP contribution in [0.1, 0.15) is 30.5 Å². The van der Waals surface area contributed by atoms with E-state index in [-0.39, 0.29) is 6.47 Å². The minimum Gasteiger partial charge on any atom is -0.483 e. The van der Waals surface area contributed by atoms with Crippen LogP contribution in [0.25, 0.3) is 0 Å². The summed E-state index contributed by atoms with van der Waals surface area (Å²) in [7, 11) is 0. The minimum atomic E-state index is -0.250. The molecule has 1 N–H and O–H groups in total. The monoisotopic (exact) mass is 311 g/mol. The van der Waals surface area contributed by atoms with E-state index in [1.165, 1.54) is 30.4 Å². The molecule has 1 aromatic rings. The van der Waals surface area contributed by atoms with Crippen molar-refractivity contribution >= 4 is 22.4 Å². The molecule has 0 aromatic heterocycles. The topological polar surface area (TPSA) is 40.5 Å². The molecule has 98 valence electrons. The van der Waals surface area contributed by atoms with Crippen LogP contribution in [0.15, 0.2) is 22.7 Å². The summed E-state index contributed by atoms with van der Waals surface area (Å²) in [5.74, 6) is 0.907. The second-order valence-electron chi connectivity index (χ2n) is 5.06. The van der Waals surface area contributed by atoms with E-state index in [1.807, 2.05) is 0 Å². The lowest BCUT2D eigenvalue weighted by atomic mass is 9.97. The van der Waals surface area contributed by atoms with Crippen LogP contribution in [0.5, 0.6) is 0 Å². The molecule has 0 radical (unpaired) electrons. The van der Waals surface area contributed by atoms with Gasteiger partial charge in [0, 0.05) is 23.6 Å². The van der Waals surface area contributed by atoms with E-state index in [4.69, 9.17) is 9.90 Å². The summed E-state index contributed by atoms with van der Waals surface area (Å²) >= 11 is 3.55. The summed E-state index contributed by atoms with van der Waals surface area (Å²) in [4.78, 5) is 11.0. The maximum Gasteiger partial charge on any atom is 0.290 e. The second kappa shape index (κ2) is 5.85. The molecule has 1 atom stereocenters. The Balaban J connectivity index is 0.000000367. The van der Waals surface area contributed by atoms with Crippen molar-refractivity contribution in [1.29, 1.82) is 0 Å². The number of aryl methyl sites for hydroxylation is 1. The molecule has 1 unspecified atom stereocenters. The molecule has 0 spiro atoms. The van der Waals surface area contributed by atoms with Crippen LogP contribution in [0.3, 0.4) is 0 Å². The van der Waals surface area contributed by atoms with E-state index in [9.17, 15) is 0 Å². The molecular weight excluding hydrogens is 294 g/mol. The number of rotatable bonds is 1. The molecule has 2 aliphatic rings. The van der Waals surface area contributed by atoms with Crippen molar-refractivity contribution < 1.29 is 9.90 Å². The van der Waals surface area contributed by atoms with Crippen molar-refractivity contribution in [2.24, 2.45) is 5.92 Å². The molecule has 0 saturated carbocycles. The Morgan fingerprint density at radius 3 is 2.72 bits per heavy atom. The standard InChI is InChI=1S/C13H16BrN.CH2O2/c1-9-7-15(8-9)13-5-2-10-6-11(14)3-4-12(10)13;2-1-3/h3-4,6,9,13H,2,5,7-8H2,1H3;1H,(H,2,3). The van der Waals surface area contributed by atoms with Gasteiger partial charge < -0.3 is 5.11 Å². The third-order valence-corrected chi connectivity index (χ3v) is 4.18. The lowest BCUT2D eigenvalue weighted by Gasteiger charge is -2.42. The summed E-state index contributed by atoms with van der Waals surface area (Å²) in [5.41, 5.74) is 3.12. The van der Waals surface area contributed by atoms with Gasteiger partial charge in [-0.2, -0.15) is 0 Å². The Morgan fingerprint density at radius 1 is 1.44 bits per heavy atom. The Morgan fingerprint density at radius 2 is 2.11 bits per heavy atom. The van der Waals surface area contributed by atoms with Crippen LogP contribution in [0, 0.1) is 5.92 Å². The zero-order valence-electron chi connectivity index (χ0n) is 10.5. The van der Waals surface area contributed by atoms with Crippen LogP contribution in [-0.4, -0.2) is 29.6 Å². The maximum atomic E-state index is 8.36. The predicted octanol–water partition coefficient (Wildman–Crippen LogP) is 3.09. The normalized spacial score (nSPS) is 22.7. The fourth-order valence-electron chi connectivity index (χ4n) is 2.94. The fraction of sp³-hybridized carbons (Fsp3) is 0.500. The number of likely N-dealkylation sites (tertiary alicyclic amines) is 1. The molecule has 3 rings (SSSR count). The molecule has 4 heteroatoms. The van der Waals surface area contributed by atoms with Gasteiger partial charge in [-0.1, -0.05) is 28.9 Å². The van der Waals surface area contributed by atoms with Crippen LogP contribution >= 0.6 is 15.9 Å². The Bertz CT molecular complexity index is 430. The van der Waals surface area contributed by atoms with Gasteiger partial charge in [-0.15, -0.1) is 0 Å². The van der Waals surface area contributed by atoms with Crippen molar-refractivity contribution in [3.8, 4) is 0 Å². The predicted molar refractivity (Wildman–Crippen MR) is 74.6 cm³/mol. The first kappa shape index (κ1) is 13.6. The number of nitrogens with zero attached hydrogens (tertiary/aromatic N) is 1. The Labute approximate surface area is 116 Å². The minimum absolute atomic E-state index is 0.250. The summed E-state index contributed by atoms with van der Waals surface area (Å²) in [6.45, 7) is 4.67. The average molecular weight is 312 g/mol. The lowest BCUT2D eigenvalue weighted by Crippen LogP contribution is -2.46. The summed E-state index contributed by atoms with van der Waals surface area (Å²) in [6.07, 6.45) is 2.57. The van der Waals surface area contributed by atoms with Gasteiger partial charge in [0.25, 0.3) is 6.47 Å². The van der Waals surface area contributed by atoms with E-state index < -0.39 is 0 Å². The number of carbonyl (C=O) groups is 1. The Kier molecular flexibility index (Phi) is 4.40. The highest BCUT2D eigenvalue weighted by Gasteiger charge is 2.34. The SMILES string of the molecule is CC1CN(C2CCc3cc(Br)ccc32)C1.O=CO. The number of halogens is 1. The molecule has 0 bridgehead atoms. The van der Waals surface area contributed by atoms with Crippen molar-refractivity contribution in [2.45, 2.75) is 25.8 Å². The number of hydrogen-bond acceptors (Lipinski definition) is 2. The van der Waals surface area contributed by atoms with Crippen LogP contribution < -0.4 is 0 Å². The van der Waals surface area contributed by atoms with Crippen LogP contribution in [-0.2, 0) is 11.2 Å². The molecule has 18 heavy (non-hydrogen) atoms. The third-order valence-electron chi connectivity index (χ3n) is 3.68. The van der Waals surface area contributed by atoms with E-state index in [0.717, 1.165) is 5.92 Å². The van der Waals surface area contributed by atoms with Gasteiger partial charge in [0.15, 0.2) is 0 Å². The highest BCUT2D eigenvalue weighted by molar-refractivity contribution is 9.10. The molecule has 1 saturated heterocycles. The van der Waals surface area contributed by atoms with Crippen molar-refractivity contribution in [1.82, 2.24) is 4.90 Å². The first-order chi connectivity index (χ1) is 8.65. The summed E-state index contributed by atoms with van der Waals surface area (Å²) in [5, 5.41) is 6.89. The largest absolute Gasteiger partial charge is 0.483 e. The molecule has 1 aliphatic carbocycles. The number of carboxylic acid groups (broad SMARTS) is 1. The van der Waals surface area contributed by atoms with Crippen molar-refractivity contribution in [2.75, 3.05) is 13.1 Å². The van der Waals surface area contributed by atoms with E-state index in [2.05, 4.69) is 46.0 Å². The molecule has 1 fully saturated rings. The first-order valence-corrected chi connectivity index (χ1v) is 7.05. The Hall–Kier alpha value is -0.870. The number of hydrogen-bond donors (Lipinski definition) is 1. The molecule has 3 nitrogen and oxygen atoms in total. The molecule has 1 aromatic carbocycles. The highest BCUT2D eigenvalue weighted by Crippen LogP contribution is 2.39. The van der Waals surface area contributed by atoms with Gasteiger partial charge in [0.1, 0.15) is 0 Å². The van der Waals surface area contributed by atoms with Crippen LogP contribution in [0.2, 0.25) is 0 Å². The maximum absolute atomic E-state index is 8.36. The third kappa shape index (κ3) is 2.75. The fourth-order valence-corrected chi connectivity index (χ4v) is 3.35. The van der Waals surface area contributed by atoms with Crippen molar-refractivity contribution in [3.63, 3.8) is 0 Å². The zero-order chi connectivity index (χ0) is 13.1. The van der Waals surface area contributed by atoms with Gasteiger partial charge in [-0.3, -0.25) is 9.69 Å². The van der Waals surface area contributed by atoms with E-state index in [1.54, 1.807) is 11.1 Å². The first-order valence-electron chi connectivity index (χ1n) is 6.26. The summed E-state index contributed by atoms with van der Waals surface area (Å²) in [6, 6.07) is 7.49. The van der Waals surface area contributed by atoms with E-state index >= 15 is 0 Å². The molecule has 1 aliphatic heterocycles. The second-order valence-corrected chi connectivity index (χ2v) is 5.98. The van der Waals surface area contributed by atoms with Gasteiger partial charge in [0.2, 0.25) is 0 Å². The van der Waals surface area contributed by atoms with Gasteiger partial charge >= 0.3 is 0 Å². The van der Waals surface area contributed by atoms with Gasteiger partial charge in [0.05, 0.1) is 0 Å². The van der Waals surface area contributed by atoms with Crippen molar-refractivity contribution in [3.05, 3.63) is 33.8 Å². The van der Waals surface area contributed by atoms with Gasteiger partial charge in [-0.25, -0.2) is 0 Å². The average Bonchev–Trinajstić information content (AvgIpc) is 2.68. The molecular formula is C14H18BrNO2. The zero-order valence-corrected chi connectivity index (χ0v) is 12.1.